The predicted molar refractivity (Wildman–Crippen MR) is 122 cm³/mol. The molecule has 2 aromatic carbocycles. The highest BCUT2D eigenvalue weighted by atomic mass is 79.9. The number of methoxy groups -OCH3 is 1. The van der Waals surface area contributed by atoms with Crippen LogP contribution in [0.25, 0.3) is 0 Å². The molecule has 7 heteroatoms. The fraction of sp³-hybridized carbons (Fsp3) is 0.333. The highest BCUT2D eigenvalue weighted by Crippen LogP contribution is 2.48. The summed E-state index contributed by atoms with van der Waals surface area (Å²) in [5.41, 5.74) is 0.973. The highest BCUT2D eigenvalue weighted by Gasteiger charge is 2.49. The Bertz CT molecular complexity index is 1040. The maximum Gasteiger partial charge on any atom is 0.160 e. The molecule has 0 bridgehead atoms. The van der Waals surface area contributed by atoms with Gasteiger partial charge in [0.15, 0.2) is 17.3 Å². The van der Waals surface area contributed by atoms with Crippen LogP contribution in [0.2, 0.25) is 0 Å². The zero-order valence-corrected chi connectivity index (χ0v) is 19.5. The molecule has 0 saturated heterocycles. The molecule has 0 saturated carbocycles. The van der Waals surface area contributed by atoms with Crippen molar-refractivity contribution in [2.75, 3.05) is 12.4 Å². The van der Waals surface area contributed by atoms with Crippen molar-refractivity contribution in [2.45, 2.75) is 38.7 Å². The van der Waals surface area contributed by atoms with E-state index in [1.807, 2.05) is 24.3 Å². The molecule has 1 aliphatic carbocycles. The van der Waals surface area contributed by atoms with E-state index in [1.54, 1.807) is 19.1 Å². The van der Waals surface area contributed by atoms with Crippen LogP contribution in [0.4, 0.5) is 5.69 Å². The molecule has 164 valence electrons. The minimum absolute atomic E-state index is 0.0465. The third kappa shape index (κ3) is 4.67. The minimum Gasteiger partial charge on any atom is -0.504 e. The van der Waals surface area contributed by atoms with E-state index in [-0.39, 0.29) is 29.5 Å². The lowest BCUT2D eigenvalue weighted by Crippen LogP contribution is -2.48. The molecule has 1 aliphatic rings. The van der Waals surface area contributed by atoms with Crippen LogP contribution >= 0.6 is 15.9 Å². The number of aromatic hydroxyl groups is 1. The summed E-state index contributed by atoms with van der Waals surface area (Å²) in [5.74, 6) is -1.77. The van der Waals surface area contributed by atoms with E-state index >= 15 is 0 Å². The van der Waals surface area contributed by atoms with Crippen LogP contribution in [0.3, 0.4) is 0 Å². The molecule has 6 nitrogen and oxygen atoms in total. The number of hydrogen-bond acceptors (Lipinski definition) is 6. The van der Waals surface area contributed by atoms with Gasteiger partial charge in [-0.15, -0.1) is 0 Å². The Morgan fingerprint density at radius 3 is 2.35 bits per heavy atom. The van der Waals surface area contributed by atoms with Gasteiger partial charge in [-0.2, -0.15) is 0 Å². The normalized spacial score (nSPS) is 23.4. The molecule has 0 aliphatic heterocycles. The van der Waals surface area contributed by atoms with Crippen LogP contribution in [-0.2, 0) is 9.59 Å². The van der Waals surface area contributed by atoms with Crippen molar-refractivity contribution in [1.29, 1.82) is 0 Å². The Hall–Kier alpha value is -2.64. The van der Waals surface area contributed by atoms with E-state index in [0.29, 0.717) is 16.8 Å². The number of benzene rings is 2. The molecule has 0 spiro atoms. The first-order valence-corrected chi connectivity index (χ1v) is 10.7. The first kappa shape index (κ1) is 23.0. The number of halogens is 1. The zero-order valence-electron chi connectivity index (χ0n) is 17.9. The van der Waals surface area contributed by atoms with Gasteiger partial charge < -0.3 is 20.3 Å². The van der Waals surface area contributed by atoms with Crippen LogP contribution < -0.4 is 10.1 Å². The lowest BCUT2D eigenvalue weighted by Gasteiger charge is -2.43. The van der Waals surface area contributed by atoms with E-state index < -0.39 is 17.4 Å². The van der Waals surface area contributed by atoms with Crippen molar-refractivity contribution in [3.63, 3.8) is 0 Å². The smallest absolute Gasteiger partial charge is 0.160 e. The molecule has 0 heterocycles. The SMILES string of the molecule is COc1cc([C@@H]2C(C(C)=O)=C(Nc3ccc(Br)cc3)C[C@](C)(O)[C@H]2C(C)=O)ccc1O. The Balaban J connectivity index is 2.23. The summed E-state index contributed by atoms with van der Waals surface area (Å²) in [6.07, 6.45) is 0.119. The van der Waals surface area contributed by atoms with Crippen LogP contribution in [0.15, 0.2) is 58.2 Å². The average molecular weight is 488 g/mol. The summed E-state index contributed by atoms with van der Waals surface area (Å²) < 4.78 is 6.15. The van der Waals surface area contributed by atoms with Gasteiger partial charge in [0, 0.05) is 33.8 Å². The first-order valence-electron chi connectivity index (χ1n) is 9.91. The molecule has 31 heavy (non-hydrogen) atoms. The van der Waals surface area contributed by atoms with Gasteiger partial charge in [-0.05, 0) is 62.7 Å². The molecule has 0 unspecified atom stereocenters. The molecule has 0 fully saturated rings. The second kappa shape index (κ2) is 8.85. The Morgan fingerprint density at radius 2 is 1.81 bits per heavy atom. The van der Waals surface area contributed by atoms with Crippen molar-refractivity contribution in [3.05, 3.63) is 63.8 Å². The van der Waals surface area contributed by atoms with E-state index in [9.17, 15) is 19.8 Å². The monoisotopic (exact) mass is 487 g/mol. The Kier molecular flexibility index (Phi) is 6.57. The topological polar surface area (TPSA) is 95.9 Å². The van der Waals surface area contributed by atoms with Gasteiger partial charge in [0.25, 0.3) is 0 Å². The Labute approximate surface area is 190 Å². The second-order valence-electron chi connectivity index (χ2n) is 8.11. The molecule has 3 N–H and O–H groups in total. The predicted octanol–water partition coefficient (Wildman–Crippen LogP) is 4.56. The second-order valence-corrected chi connectivity index (χ2v) is 9.03. The maximum atomic E-state index is 12.9. The first-order chi connectivity index (χ1) is 14.5. The van der Waals surface area contributed by atoms with E-state index in [0.717, 1.165) is 10.2 Å². The number of allylic oxidation sites excluding steroid dienone is 1. The third-order valence-electron chi connectivity index (χ3n) is 5.69. The summed E-state index contributed by atoms with van der Waals surface area (Å²) in [6.45, 7) is 4.50. The summed E-state index contributed by atoms with van der Waals surface area (Å²) >= 11 is 3.40. The van der Waals surface area contributed by atoms with E-state index in [4.69, 9.17) is 4.74 Å². The number of nitrogens with one attached hydrogen (secondary N) is 1. The van der Waals surface area contributed by atoms with Crippen molar-refractivity contribution < 1.29 is 24.5 Å². The van der Waals surface area contributed by atoms with E-state index in [2.05, 4.69) is 21.2 Å². The number of phenolic OH excluding ortho intramolecular Hbond substituents is 1. The van der Waals surface area contributed by atoms with Crippen LogP contribution in [0, 0.1) is 5.92 Å². The van der Waals surface area contributed by atoms with Crippen LogP contribution in [0.1, 0.15) is 38.7 Å². The number of ketones is 2. The number of anilines is 1. The number of carbonyl (C=O) groups is 2. The van der Waals surface area contributed by atoms with Crippen LogP contribution in [0.5, 0.6) is 11.5 Å². The maximum absolute atomic E-state index is 12.9. The quantitative estimate of drug-likeness (QED) is 0.552. The summed E-state index contributed by atoms with van der Waals surface area (Å²) in [6, 6.07) is 12.2. The molecule has 0 aromatic heterocycles. The lowest BCUT2D eigenvalue weighted by atomic mass is 9.64. The van der Waals surface area contributed by atoms with Crippen molar-refractivity contribution in [2.24, 2.45) is 5.92 Å². The molecule has 3 atom stereocenters. The van der Waals surface area contributed by atoms with Gasteiger partial charge in [-0.1, -0.05) is 22.0 Å². The molecule has 2 aromatic rings. The number of rotatable bonds is 6. The van der Waals surface area contributed by atoms with E-state index in [1.165, 1.54) is 27.0 Å². The number of phenols is 1. The highest BCUT2D eigenvalue weighted by molar-refractivity contribution is 9.10. The molecule has 3 rings (SSSR count). The van der Waals surface area contributed by atoms with Crippen LogP contribution in [-0.4, -0.2) is 34.5 Å². The fourth-order valence-electron chi connectivity index (χ4n) is 4.45. The molecular weight excluding hydrogens is 462 g/mol. The molecule has 0 amide bonds. The molecular formula is C24H26BrNO5. The van der Waals surface area contributed by atoms with Gasteiger partial charge in [0.2, 0.25) is 0 Å². The van der Waals surface area contributed by atoms with Crippen molar-refractivity contribution in [1.82, 2.24) is 0 Å². The van der Waals surface area contributed by atoms with Crippen molar-refractivity contribution >= 4 is 33.2 Å². The number of aliphatic hydroxyl groups is 1. The largest absolute Gasteiger partial charge is 0.504 e. The van der Waals surface area contributed by atoms with Gasteiger partial charge >= 0.3 is 0 Å². The minimum atomic E-state index is -1.39. The number of Topliss-reactive ketones (excluding diaryl/α,β-unsaturated/α-hetero) is 2. The van der Waals surface area contributed by atoms with Gasteiger partial charge in [-0.25, -0.2) is 0 Å². The lowest BCUT2D eigenvalue weighted by molar-refractivity contribution is -0.131. The summed E-state index contributed by atoms with van der Waals surface area (Å²) in [5, 5.41) is 24.6. The fourth-order valence-corrected chi connectivity index (χ4v) is 4.71. The number of ether oxygens (including phenoxy) is 1. The zero-order chi connectivity index (χ0) is 22.9. The van der Waals surface area contributed by atoms with Crippen molar-refractivity contribution in [3.8, 4) is 11.5 Å². The third-order valence-corrected chi connectivity index (χ3v) is 6.22. The van der Waals surface area contributed by atoms with Gasteiger partial charge in [0.1, 0.15) is 5.78 Å². The summed E-state index contributed by atoms with van der Waals surface area (Å²) in [7, 11) is 1.43. The average Bonchev–Trinajstić information content (AvgIpc) is 2.68. The Morgan fingerprint density at radius 1 is 1.16 bits per heavy atom. The number of hydrogen-bond donors (Lipinski definition) is 3. The standard InChI is InChI=1S/C24H26BrNO5/c1-13(27)21-18(26-17-8-6-16(25)7-9-17)12-24(3,30)23(14(2)28)22(21)15-5-10-19(29)20(11-15)31-4/h5-11,22-23,26,29-30H,12H2,1-4H3/t22-,23+,24+/m1/s1. The van der Waals surface area contributed by atoms with Gasteiger partial charge in [0.05, 0.1) is 18.6 Å². The molecule has 0 radical (unpaired) electrons. The van der Waals surface area contributed by atoms with Gasteiger partial charge in [-0.3, -0.25) is 9.59 Å². The number of carbonyl (C=O) groups excluding carboxylic acids is 2. The summed E-state index contributed by atoms with van der Waals surface area (Å²) in [4.78, 5) is 25.5.